The number of rotatable bonds is 4. The van der Waals surface area contributed by atoms with Gasteiger partial charge in [0.25, 0.3) is 5.91 Å². The van der Waals surface area contributed by atoms with Crippen LogP contribution < -0.4 is 5.32 Å². The first-order valence-electron chi connectivity index (χ1n) is 6.13. The second-order valence-corrected chi connectivity index (χ2v) is 5.22. The van der Waals surface area contributed by atoms with Crippen LogP contribution in [0.5, 0.6) is 0 Å². The van der Waals surface area contributed by atoms with Crippen LogP contribution in [0.4, 0.5) is 0 Å². The summed E-state index contributed by atoms with van der Waals surface area (Å²) in [5, 5.41) is 2.58. The minimum atomic E-state index is -0.238. The summed E-state index contributed by atoms with van der Waals surface area (Å²) in [6, 6.07) is 5.47. The Morgan fingerprint density at radius 3 is 2.63 bits per heavy atom. The van der Waals surface area contributed by atoms with Gasteiger partial charge in [-0.25, -0.2) is 0 Å². The highest BCUT2D eigenvalue weighted by molar-refractivity contribution is 7.80. The molecule has 0 aliphatic carbocycles. The van der Waals surface area contributed by atoms with Crippen LogP contribution in [-0.2, 0) is 4.79 Å². The molecule has 1 unspecified atom stereocenters. The first-order valence-corrected chi connectivity index (χ1v) is 6.58. The van der Waals surface area contributed by atoms with E-state index in [4.69, 9.17) is 0 Å². The van der Waals surface area contributed by atoms with Crippen LogP contribution in [0.15, 0.2) is 23.1 Å². The normalized spacial score (nSPS) is 11.8. The van der Waals surface area contributed by atoms with Crippen LogP contribution in [0.25, 0.3) is 0 Å². The maximum Gasteiger partial charge on any atom is 0.253 e. The minimum Gasteiger partial charge on any atom is -0.359 e. The van der Waals surface area contributed by atoms with Crippen molar-refractivity contribution < 1.29 is 9.59 Å². The van der Waals surface area contributed by atoms with Crippen LogP contribution in [0.1, 0.15) is 22.8 Å². The Labute approximate surface area is 119 Å². The van der Waals surface area contributed by atoms with E-state index in [1.54, 1.807) is 32.0 Å². The number of nitrogens with one attached hydrogen (secondary N) is 1. The molecule has 104 valence electrons. The summed E-state index contributed by atoms with van der Waals surface area (Å²) in [6.45, 7) is 4.07. The molecular weight excluding hydrogens is 260 g/mol. The lowest BCUT2D eigenvalue weighted by Gasteiger charge is -2.21. The number of carbonyl (C=O) groups excluding carboxylic acids is 2. The topological polar surface area (TPSA) is 49.4 Å². The zero-order chi connectivity index (χ0) is 14.6. The number of thiol groups is 1. The summed E-state index contributed by atoms with van der Waals surface area (Å²) in [5.41, 5.74) is 1.53. The van der Waals surface area contributed by atoms with Gasteiger partial charge in [-0.3, -0.25) is 9.59 Å². The van der Waals surface area contributed by atoms with Gasteiger partial charge in [-0.05, 0) is 24.6 Å². The van der Waals surface area contributed by atoms with Crippen molar-refractivity contribution >= 4 is 24.4 Å². The van der Waals surface area contributed by atoms with Gasteiger partial charge in [-0.2, -0.15) is 0 Å². The molecular formula is C14H20N2O2S. The molecule has 1 aromatic carbocycles. The number of benzene rings is 1. The molecule has 1 N–H and O–H groups in total. The quantitative estimate of drug-likeness (QED) is 0.825. The Hall–Kier alpha value is -1.49. The Morgan fingerprint density at radius 1 is 1.42 bits per heavy atom. The van der Waals surface area contributed by atoms with Crippen molar-refractivity contribution in [1.29, 1.82) is 0 Å². The molecule has 19 heavy (non-hydrogen) atoms. The van der Waals surface area contributed by atoms with Crippen molar-refractivity contribution in [2.45, 2.75) is 18.7 Å². The fourth-order valence-electron chi connectivity index (χ4n) is 1.87. The highest BCUT2D eigenvalue weighted by Gasteiger charge is 2.19. The molecule has 0 radical (unpaired) electrons. The number of carbonyl (C=O) groups is 2. The number of hydrogen-bond donors (Lipinski definition) is 2. The van der Waals surface area contributed by atoms with Gasteiger partial charge in [-0.15, -0.1) is 12.6 Å². The molecule has 2 amide bonds. The first-order chi connectivity index (χ1) is 8.86. The first kappa shape index (κ1) is 15.6. The summed E-state index contributed by atoms with van der Waals surface area (Å²) < 4.78 is 0. The average Bonchev–Trinajstić information content (AvgIpc) is 2.39. The highest BCUT2D eigenvalue weighted by Crippen LogP contribution is 2.16. The fourth-order valence-corrected chi connectivity index (χ4v) is 2.07. The number of hydrogen-bond acceptors (Lipinski definition) is 3. The van der Waals surface area contributed by atoms with E-state index in [0.29, 0.717) is 12.1 Å². The van der Waals surface area contributed by atoms with E-state index in [2.05, 4.69) is 17.9 Å². The van der Waals surface area contributed by atoms with Gasteiger partial charge in [0.1, 0.15) is 0 Å². The predicted octanol–water partition coefficient (Wildman–Crippen LogP) is 1.74. The molecule has 0 aliphatic rings. The van der Waals surface area contributed by atoms with Gasteiger partial charge >= 0.3 is 0 Å². The van der Waals surface area contributed by atoms with Crippen molar-refractivity contribution in [2.75, 3.05) is 20.6 Å². The number of aryl methyl sites for hydroxylation is 1. The van der Waals surface area contributed by atoms with Crippen LogP contribution in [0.3, 0.4) is 0 Å². The molecule has 0 saturated heterocycles. The van der Waals surface area contributed by atoms with E-state index in [9.17, 15) is 9.59 Å². The van der Waals surface area contributed by atoms with Crippen molar-refractivity contribution in [1.82, 2.24) is 10.2 Å². The molecule has 0 aliphatic heterocycles. The summed E-state index contributed by atoms with van der Waals surface area (Å²) >= 11 is 4.25. The monoisotopic (exact) mass is 280 g/mol. The largest absolute Gasteiger partial charge is 0.359 e. The van der Waals surface area contributed by atoms with Crippen LogP contribution in [-0.4, -0.2) is 37.4 Å². The summed E-state index contributed by atoms with van der Waals surface area (Å²) in [6.07, 6.45) is 0. The summed E-state index contributed by atoms with van der Waals surface area (Å²) in [7, 11) is 3.29. The second kappa shape index (κ2) is 6.61. The lowest BCUT2D eigenvalue weighted by molar-refractivity contribution is -0.124. The Bertz CT molecular complexity index is 488. The summed E-state index contributed by atoms with van der Waals surface area (Å²) in [5.74, 6) is -0.401. The Balaban J connectivity index is 2.82. The maximum absolute atomic E-state index is 12.3. The van der Waals surface area contributed by atoms with Crippen LogP contribution in [0, 0.1) is 12.8 Å². The van der Waals surface area contributed by atoms with Gasteiger partial charge < -0.3 is 10.2 Å². The minimum absolute atomic E-state index is 0.0701. The predicted molar refractivity (Wildman–Crippen MR) is 78.6 cm³/mol. The molecule has 0 saturated carbocycles. The molecule has 5 heteroatoms. The average molecular weight is 280 g/mol. The lowest BCUT2D eigenvalue weighted by atomic mass is 10.1. The fraction of sp³-hybridized carbons (Fsp3) is 0.429. The molecule has 0 fully saturated rings. The zero-order valence-corrected chi connectivity index (χ0v) is 12.6. The second-order valence-electron chi connectivity index (χ2n) is 4.70. The van der Waals surface area contributed by atoms with Crippen LogP contribution >= 0.6 is 12.6 Å². The third kappa shape index (κ3) is 3.99. The molecule has 0 spiro atoms. The molecule has 0 aromatic heterocycles. The molecule has 4 nitrogen and oxygen atoms in total. The SMILES string of the molecule is CNC(=O)C(C)CN(C)C(=O)c1cc(S)ccc1C. The molecule has 0 heterocycles. The Morgan fingerprint density at radius 2 is 2.05 bits per heavy atom. The van der Waals surface area contributed by atoms with Gasteiger partial charge in [0.05, 0.1) is 5.92 Å². The van der Waals surface area contributed by atoms with Gasteiger partial charge in [0, 0.05) is 31.1 Å². The standard InChI is InChI=1S/C14H20N2O2S/c1-9-5-6-11(19)7-12(9)14(18)16(4)8-10(2)13(17)15-3/h5-7,10,19H,8H2,1-4H3,(H,15,17). The molecule has 0 bridgehead atoms. The van der Waals surface area contributed by atoms with Gasteiger partial charge in [0.15, 0.2) is 0 Å². The third-order valence-electron chi connectivity index (χ3n) is 3.04. The molecule has 1 atom stereocenters. The van der Waals surface area contributed by atoms with Crippen LogP contribution in [0.2, 0.25) is 0 Å². The van der Waals surface area contributed by atoms with Crippen molar-refractivity contribution in [2.24, 2.45) is 5.92 Å². The van der Waals surface area contributed by atoms with Crippen molar-refractivity contribution in [3.8, 4) is 0 Å². The zero-order valence-electron chi connectivity index (χ0n) is 11.7. The van der Waals surface area contributed by atoms with E-state index in [1.165, 1.54) is 0 Å². The number of amides is 2. The number of nitrogens with zero attached hydrogens (tertiary/aromatic N) is 1. The van der Waals surface area contributed by atoms with E-state index < -0.39 is 0 Å². The lowest BCUT2D eigenvalue weighted by Crippen LogP contribution is -2.37. The van der Waals surface area contributed by atoms with Crippen molar-refractivity contribution in [3.63, 3.8) is 0 Å². The highest BCUT2D eigenvalue weighted by atomic mass is 32.1. The third-order valence-corrected chi connectivity index (χ3v) is 3.32. The maximum atomic E-state index is 12.3. The van der Waals surface area contributed by atoms with E-state index >= 15 is 0 Å². The van der Waals surface area contributed by atoms with Crippen molar-refractivity contribution in [3.05, 3.63) is 29.3 Å². The van der Waals surface area contributed by atoms with E-state index in [-0.39, 0.29) is 17.7 Å². The van der Waals surface area contributed by atoms with Gasteiger partial charge in [-0.1, -0.05) is 13.0 Å². The smallest absolute Gasteiger partial charge is 0.253 e. The summed E-state index contributed by atoms with van der Waals surface area (Å²) in [4.78, 5) is 26.1. The Kier molecular flexibility index (Phi) is 5.42. The molecule has 1 aromatic rings. The van der Waals surface area contributed by atoms with Gasteiger partial charge in [0.2, 0.25) is 5.91 Å². The van der Waals surface area contributed by atoms with E-state index in [0.717, 1.165) is 10.5 Å². The molecule has 1 rings (SSSR count). The van der Waals surface area contributed by atoms with E-state index in [1.807, 2.05) is 19.1 Å².